The number of hydrogen-bond donors (Lipinski definition) is 2. The standard InChI is InChI=1S/C28H28N6OS/c1-18(2)27(35)31-21-13-12-20(17-19(21)3)34-26(25(32-28(34)36)22-9-4-6-14-29-22)23-10-8-16-33(23)24-11-5-7-15-30-24/h4-18,25-26H,1-3H3,(H,31,35)(H,32,36). The van der Waals surface area contributed by atoms with E-state index in [0.29, 0.717) is 5.11 Å². The fourth-order valence-electron chi connectivity index (χ4n) is 4.49. The number of carbonyl (C=O) groups is 1. The van der Waals surface area contributed by atoms with Crippen LogP contribution in [0.15, 0.2) is 85.3 Å². The Morgan fingerprint density at radius 3 is 2.47 bits per heavy atom. The summed E-state index contributed by atoms with van der Waals surface area (Å²) in [6, 6.07) is 21.6. The molecule has 1 aliphatic heterocycles. The molecule has 1 aliphatic rings. The average Bonchev–Trinajstić information content (AvgIpc) is 3.50. The number of aryl methyl sites for hydroxylation is 1. The van der Waals surface area contributed by atoms with Gasteiger partial charge in [-0.2, -0.15) is 0 Å². The molecule has 2 unspecified atom stereocenters. The lowest BCUT2D eigenvalue weighted by atomic mass is 10.0. The maximum Gasteiger partial charge on any atom is 0.226 e. The summed E-state index contributed by atoms with van der Waals surface area (Å²) in [6.45, 7) is 5.76. The van der Waals surface area contributed by atoms with Crippen LogP contribution in [-0.2, 0) is 4.79 Å². The Kier molecular flexibility index (Phi) is 6.52. The monoisotopic (exact) mass is 496 g/mol. The van der Waals surface area contributed by atoms with Gasteiger partial charge in [-0.1, -0.05) is 26.0 Å². The first-order valence-corrected chi connectivity index (χ1v) is 12.4. The minimum absolute atomic E-state index is 0.00880. The lowest BCUT2D eigenvalue weighted by Gasteiger charge is -2.29. The van der Waals surface area contributed by atoms with Crippen LogP contribution in [-0.4, -0.2) is 25.6 Å². The third kappa shape index (κ3) is 4.47. The van der Waals surface area contributed by atoms with Gasteiger partial charge in [0, 0.05) is 41.6 Å². The molecule has 4 heterocycles. The van der Waals surface area contributed by atoms with Gasteiger partial charge < -0.3 is 20.1 Å². The van der Waals surface area contributed by atoms with Crippen molar-refractivity contribution in [2.24, 2.45) is 5.92 Å². The van der Waals surface area contributed by atoms with E-state index >= 15 is 0 Å². The van der Waals surface area contributed by atoms with Crippen molar-refractivity contribution < 1.29 is 4.79 Å². The van der Waals surface area contributed by atoms with Gasteiger partial charge >= 0.3 is 0 Å². The number of nitrogens with one attached hydrogen (secondary N) is 2. The zero-order valence-corrected chi connectivity index (χ0v) is 21.2. The van der Waals surface area contributed by atoms with Gasteiger partial charge in [-0.05, 0) is 79.3 Å². The van der Waals surface area contributed by atoms with E-state index in [4.69, 9.17) is 12.2 Å². The Labute approximate surface area is 216 Å². The normalized spacial score (nSPS) is 17.3. The Morgan fingerprint density at radius 2 is 1.81 bits per heavy atom. The second-order valence-electron chi connectivity index (χ2n) is 9.13. The SMILES string of the molecule is Cc1cc(N2C(=S)NC(c3ccccn3)C2c2cccn2-c2ccccn2)ccc1NC(=O)C(C)C. The fraction of sp³-hybridized carbons (Fsp3) is 0.214. The van der Waals surface area contributed by atoms with Crippen LogP contribution in [0.3, 0.4) is 0 Å². The first-order chi connectivity index (χ1) is 17.4. The van der Waals surface area contributed by atoms with Gasteiger partial charge in [-0.15, -0.1) is 0 Å². The number of rotatable bonds is 6. The van der Waals surface area contributed by atoms with Crippen LogP contribution in [0, 0.1) is 12.8 Å². The Bertz CT molecular complexity index is 1390. The predicted molar refractivity (Wildman–Crippen MR) is 146 cm³/mol. The summed E-state index contributed by atoms with van der Waals surface area (Å²) in [5.74, 6) is 0.728. The highest BCUT2D eigenvalue weighted by Gasteiger charge is 2.42. The van der Waals surface area contributed by atoms with Crippen LogP contribution < -0.4 is 15.5 Å². The molecule has 1 aromatic carbocycles. The highest BCUT2D eigenvalue weighted by atomic mass is 32.1. The van der Waals surface area contributed by atoms with Crippen molar-refractivity contribution in [3.05, 3.63) is 102 Å². The van der Waals surface area contributed by atoms with Crippen molar-refractivity contribution in [1.29, 1.82) is 0 Å². The summed E-state index contributed by atoms with van der Waals surface area (Å²) in [4.78, 5) is 23.6. The van der Waals surface area contributed by atoms with Crippen molar-refractivity contribution in [2.45, 2.75) is 32.9 Å². The van der Waals surface area contributed by atoms with E-state index in [1.807, 2.05) is 81.6 Å². The number of nitrogens with zero attached hydrogens (tertiary/aromatic N) is 4. The van der Waals surface area contributed by atoms with Crippen LogP contribution in [0.25, 0.3) is 5.82 Å². The molecular formula is C28H28N6OS. The topological polar surface area (TPSA) is 75.1 Å². The average molecular weight is 497 g/mol. The molecule has 1 fully saturated rings. The quantitative estimate of drug-likeness (QED) is 0.351. The molecule has 0 aliphatic carbocycles. The van der Waals surface area contributed by atoms with E-state index in [1.54, 1.807) is 12.4 Å². The van der Waals surface area contributed by atoms with Crippen LogP contribution in [0.2, 0.25) is 0 Å². The van der Waals surface area contributed by atoms with Gasteiger partial charge in [-0.3, -0.25) is 9.78 Å². The van der Waals surface area contributed by atoms with Crippen molar-refractivity contribution in [1.82, 2.24) is 19.9 Å². The maximum absolute atomic E-state index is 12.3. The van der Waals surface area contributed by atoms with Crippen LogP contribution in [0.4, 0.5) is 11.4 Å². The Morgan fingerprint density at radius 1 is 1.03 bits per heavy atom. The van der Waals surface area contributed by atoms with E-state index in [1.165, 1.54) is 0 Å². The largest absolute Gasteiger partial charge is 0.351 e. The molecule has 2 N–H and O–H groups in total. The van der Waals surface area contributed by atoms with E-state index in [2.05, 4.69) is 42.2 Å². The van der Waals surface area contributed by atoms with Gasteiger partial charge in [0.2, 0.25) is 5.91 Å². The first-order valence-electron chi connectivity index (χ1n) is 11.9. The Hall–Kier alpha value is -4.04. The number of thiocarbonyl (C=S) groups is 1. The number of amides is 1. The second kappa shape index (κ2) is 9.91. The number of benzene rings is 1. The van der Waals surface area contributed by atoms with Crippen molar-refractivity contribution in [3.63, 3.8) is 0 Å². The molecule has 5 rings (SSSR count). The molecule has 3 aromatic heterocycles. The molecule has 2 atom stereocenters. The van der Waals surface area contributed by atoms with Gasteiger partial charge in [-0.25, -0.2) is 4.98 Å². The highest BCUT2D eigenvalue weighted by Crippen LogP contribution is 2.42. The predicted octanol–water partition coefficient (Wildman–Crippen LogP) is 5.35. The Balaban J connectivity index is 1.59. The lowest BCUT2D eigenvalue weighted by Crippen LogP contribution is -2.30. The third-order valence-corrected chi connectivity index (χ3v) is 6.66. The zero-order valence-electron chi connectivity index (χ0n) is 20.4. The van der Waals surface area contributed by atoms with Gasteiger partial charge in [0.1, 0.15) is 11.9 Å². The van der Waals surface area contributed by atoms with E-state index < -0.39 is 0 Å². The molecule has 0 spiro atoms. The van der Waals surface area contributed by atoms with Crippen LogP contribution >= 0.6 is 12.2 Å². The maximum atomic E-state index is 12.3. The van der Waals surface area contributed by atoms with E-state index in [9.17, 15) is 4.79 Å². The van der Waals surface area contributed by atoms with Crippen molar-refractivity contribution >= 4 is 34.6 Å². The lowest BCUT2D eigenvalue weighted by molar-refractivity contribution is -0.118. The fourth-order valence-corrected chi connectivity index (χ4v) is 4.83. The molecule has 1 saturated heterocycles. The first kappa shape index (κ1) is 23.7. The second-order valence-corrected chi connectivity index (χ2v) is 9.52. The van der Waals surface area contributed by atoms with Gasteiger partial charge in [0.25, 0.3) is 0 Å². The van der Waals surface area contributed by atoms with E-state index in [-0.39, 0.29) is 23.9 Å². The molecule has 0 radical (unpaired) electrons. The smallest absolute Gasteiger partial charge is 0.226 e. The molecule has 36 heavy (non-hydrogen) atoms. The highest BCUT2D eigenvalue weighted by molar-refractivity contribution is 7.80. The molecule has 8 heteroatoms. The van der Waals surface area contributed by atoms with E-state index in [0.717, 1.165) is 34.1 Å². The number of hydrogen-bond acceptors (Lipinski definition) is 4. The summed E-state index contributed by atoms with van der Waals surface area (Å²) < 4.78 is 2.09. The molecule has 4 aromatic rings. The number of carbonyl (C=O) groups excluding carboxylic acids is 1. The summed E-state index contributed by atoms with van der Waals surface area (Å²) in [5, 5.41) is 7.14. The number of anilines is 2. The van der Waals surface area contributed by atoms with Gasteiger partial charge in [0.15, 0.2) is 5.11 Å². The molecular weight excluding hydrogens is 468 g/mol. The molecule has 7 nitrogen and oxygen atoms in total. The van der Waals surface area contributed by atoms with Crippen molar-refractivity contribution in [2.75, 3.05) is 10.2 Å². The molecule has 0 saturated carbocycles. The van der Waals surface area contributed by atoms with Crippen LogP contribution in [0.1, 0.15) is 42.9 Å². The summed E-state index contributed by atoms with van der Waals surface area (Å²) in [7, 11) is 0. The third-order valence-electron chi connectivity index (χ3n) is 6.35. The number of pyridine rings is 2. The minimum Gasteiger partial charge on any atom is -0.351 e. The zero-order chi connectivity index (χ0) is 25.2. The molecule has 1 amide bonds. The molecule has 182 valence electrons. The number of aromatic nitrogens is 3. The van der Waals surface area contributed by atoms with Crippen LogP contribution in [0.5, 0.6) is 0 Å². The molecule has 0 bridgehead atoms. The minimum atomic E-state index is -0.181. The van der Waals surface area contributed by atoms with Gasteiger partial charge in [0.05, 0.1) is 11.7 Å². The van der Waals surface area contributed by atoms with Crippen molar-refractivity contribution in [3.8, 4) is 5.82 Å². The summed E-state index contributed by atoms with van der Waals surface area (Å²) in [6.07, 6.45) is 5.61. The summed E-state index contributed by atoms with van der Waals surface area (Å²) >= 11 is 5.88. The summed E-state index contributed by atoms with van der Waals surface area (Å²) in [5.41, 5.74) is 4.63.